The summed E-state index contributed by atoms with van der Waals surface area (Å²) in [5.74, 6) is 0.297. The SMILES string of the molecule is CCOC(=N)Cc1cccnc1. The Bertz CT molecular complexity index is 246. The average Bonchev–Trinajstić information content (AvgIpc) is 2.06. The van der Waals surface area contributed by atoms with Gasteiger partial charge in [-0.25, -0.2) is 0 Å². The molecule has 0 unspecified atom stereocenters. The van der Waals surface area contributed by atoms with Gasteiger partial charge in [-0.1, -0.05) is 6.07 Å². The van der Waals surface area contributed by atoms with Crippen molar-refractivity contribution >= 4 is 5.90 Å². The molecule has 0 aliphatic heterocycles. The van der Waals surface area contributed by atoms with E-state index in [1.54, 1.807) is 12.4 Å². The molecule has 0 fully saturated rings. The Morgan fingerprint density at radius 1 is 1.67 bits per heavy atom. The zero-order valence-electron chi connectivity index (χ0n) is 7.08. The quantitative estimate of drug-likeness (QED) is 0.545. The van der Waals surface area contributed by atoms with Gasteiger partial charge in [-0.15, -0.1) is 0 Å². The van der Waals surface area contributed by atoms with Crippen LogP contribution in [0, 0.1) is 5.41 Å². The fraction of sp³-hybridized carbons (Fsp3) is 0.333. The molecule has 1 rings (SSSR count). The third-order valence-electron chi connectivity index (χ3n) is 1.41. The second-order valence-electron chi connectivity index (χ2n) is 2.39. The molecule has 12 heavy (non-hydrogen) atoms. The van der Waals surface area contributed by atoms with E-state index in [9.17, 15) is 0 Å². The second kappa shape index (κ2) is 4.49. The van der Waals surface area contributed by atoms with E-state index >= 15 is 0 Å². The van der Waals surface area contributed by atoms with Gasteiger partial charge < -0.3 is 4.74 Å². The Balaban J connectivity index is 2.47. The standard InChI is InChI=1S/C9H12N2O/c1-2-12-9(10)6-8-4-3-5-11-7-8/h3-5,7,10H,2,6H2,1H3. The summed E-state index contributed by atoms with van der Waals surface area (Å²) in [7, 11) is 0. The lowest BCUT2D eigenvalue weighted by molar-refractivity contribution is 0.317. The summed E-state index contributed by atoms with van der Waals surface area (Å²) >= 11 is 0. The molecule has 0 amide bonds. The van der Waals surface area contributed by atoms with E-state index in [4.69, 9.17) is 10.1 Å². The first-order valence-corrected chi connectivity index (χ1v) is 3.92. The van der Waals surface area contributed by atoms with E-state index < -0.39 is 0 Å². The number of hydrogen-bond donors (Lipinski definition) is 1. The first-order chi connectivity index (χ1) is 5.83. The van der Waals surface area contributed by atoms with Crippen LogP contribution in [0.5, 0.6) is 0 Å². The Morgan fingerprint density at radius 3 is 3.08 bits per heavy atom. The number of rotatable bonds is 3. The Hall–Kier alpha value is -1.38. The fourth-order valence-electron chi connectivity index (χ4n) is 0.913. The molecule has 1 N–H and O–H groups in total. The summed E-state index contributed by atoms with van der Waals surface area (Å²) < 4.78 is 5.00. The third kappa shape index (κ3) is 2.70. The summed E-state index contributed by atoms with van der Waals surface area (Å²) in [6.07, 6.45) is 3.99. The molecule has 3 heteroatoms. The third-order valence-corrected chi connectivity index (χ3v) is 1.41. The van der Waals surface area contributed by atoms with Gasteiger partial charge in [0.2, 0.25) is 0 Å². The number of hydrogen-bond acceptors (Lipinski definition) is 3. The molecule has 0 bridgehead atoms. The maximum Gasteiger partial charge on any atom is 0.184 e. The molecule has 3 nitrogen and oxygen atoms in total. The van der Waals surface area contributed by atoms with E-state index in [-0.39, 0.29) is 0 Å². The van der Waals surface area contributed by atoms with Crippen molar-refractivity contribution in [2.45, 2.75) is 13.3 Å². The first-order valence-electron chi connectivity index (χ1n) is 3.92. The number of nitrogens with zero attached hydrogens (tertiary/aromatic N) is 1. The number of pyridine rings is 1. The number of ether oxygens (including phenoxy) is 1. The molecule has 0 saturated heterocycles. The molecule has 0 aliphatic rings. The molecule has 1 aromatic rings. The van der Waals surface area contributed by atoms with Crippen LogP contribution in [0.1, 0.15) is 12.5 Å². The summed E-state index contributed by atoms with van der Waals surface area (Å²) in [4.78, 5) is 3.95. The highest BCUT2D eigenvalue weighted by molar-refractivity contribution is 5.75. The van der Waals surface area contributed by atoms with Crippen molar-refractivity contribution in [2.75, 3.05) is 6.61 Å². The van der Waals surface area contributed by atoms with Gasteiger partial charge >= 0.3 is 0 Å². The largest absolute Gasteiger partial charge is 0.481 e. The summed E-state index contributed by atoms with van der Waals surface area (Å²) in [5.41, 5.74) is 1.01. The topological polar surface area (TPSA) is 46.0 Å². The van der Waals surface area contributed by atoms with Crippen molar-refractivity contribution in [3.8, 4) is 0 Å². The molecule has 0 radical (unpaired) electrons. The van der Waals surface area contributed by atoms with Gasteiger partial charge in [0, 0.05) is 18.8 Å². The summed E-state index contributed by atoms with van der Waals surface area (Å²) in [5, 5.41) is 7.38. The molecule has 1 aromatic heterocycles. The van der Waals surface area contributed by atoms with Crippen LogP contribution in [0.15, 0.2) is 24.5 Å². The van der Waals surface area contributed by atoms with E-state index in [2.05, 4.69) is 4.98 Å². The predicted molar refractivity (Wildman–Crippen MR) is 47.3 cm³/mol. The molecule has 0 atom stereocenters. The Morgan fingerprint density at radius 2 is 2.50 bits per heavy atom. The normalized spacial score (nSPS) is 9.42. The van der Waals surface area contributed by atoms with Crippen LogP contribution in [0.25, 0.3) is 0 Å². The van der Waals surface area contributed by atoms with Crippen LogP contribution >= 0.6 is 0 Å². The van der Waals surface area contributed by atoms with Crippen molar-refractivity contribution in [1.29, 1.82) is 5.41 Å². The van der Waals surface area contributed by atoms with E-state index in [0.717, 1.165) is 5.56 Å². The van der Waals surface area contributed by atoms with Crippen LogP contribution in [-0.4, -0.2) is 17.5 Å². The lowest BCUT2D eigenvalue weighted by Gasteiger charge is -2.03. The average molecular weight is 164 g/mol. The maximum absolute atomic E-state index is 7.38. The van der Waals surface area contributed by atoms with Crippen molar-refractivity contribution in [3.63, 3.8) is 0 Å². The van der Waals surface area contributed by atoms with Crippen molar-refractivity contribution in [1.82, 2.24) is 4.98 Å². The Labute approximate surface area is 71.9 Å². The minimum atomic E-state index is 0.297. The highest BCUT2D eigenvalue weighted by Gasteiger charge is 1.98. The van der Waals surface area contributed by atoms with Crippen LogP contribution in [0.3, 0.4) is 0 Å². The summed E-state index contributed by atoms with van der Waals surface area (Å²) in [6, 6.07) is 3.79. The fourth-order valence-corrected chi connectivity index (χ4v) is 0.913. The van der Waals surface area contributed by atoms with Gasteiger partial charge in [0.15, 0.2) is 5.90 Å². The van der Waals surface area contributed by atoms with Crippen LogP contribution in [0.2, 0.25) is 0 Å². The van der Waals surface area contributed by atoms with Gasteiger partial charge in [-0.2, -0.15) is 0 Å². The van der Waals surface area contributed by atoms with Crippen LogP contribution in [-0.2, 0) is 11.2 Å². The van der Waals surface area contributed by atoms with Gasteiger partial charge in [-0.3, -0.25) is 10.4 Å². The van der Waals surface area contributed by atoms with E-state index in [1.807, 2.05) is 19.1 Å². The number of nitrogens with one attached hydrogen (secondary N) is 1. The van der Waals surface area contributed by atoms with E-state index in [0.29, 0.717) is 18.9 Å². The molecule has 0 aromatic carbocycles. The molecular formula is C9H12N2O. The molecule has 0 spiro atoms. The smallest absolute Gasteiger partial charge is 0.184 e. The lowest BCUT2D eigenvalue weighted by Crippen LogP contribution is -2.06. The monoisotopic (exact) mass is 164 g/mol. The van der Waals surface area contributed by atoms with Crippen LogP contribution in [0.4, 0.5) is 0 Å². The van der Waals surface area contributed by atoms with Gasteiger partial charge in [0.05, 0.1) is 6.61 Å². The van der Waals surface area contributed by atoms with Crippen molar-refractivity contribution in [2.24, 2.45) is 0 Å². The lowest BCUT2D eigenvalue weighted by atomic mass is 10.2. The second-order valence-corrected chi connectivity index (χ2v) is 2.39. The molecule has 1 heterocycles. The van der Waals surface area contributed by atoms with Gasteiger partial charge in [0.25, 0.3) is 0 Å². The van der Waals surface area contributed by atoms with Gasteiger partial charge in [0.1, 0.15) is 0 Å². The molecule has 64 valence electrons. The zero-order chi connectivity index (χ0) is 8.81. The molecule has 0 aliphatic carbocycles. The minimum absolute atomic E-state index is 0.297. The molecule has 0 saturated carbocycles. The van der Waals surface area contributed by atoms with Gasteiger partial charge in [-0.05, 0) is 18.6 Å². The van der Waals surface area contributed by atoms with Crippen molar-refractivity contribution in [3.05, 3.63) is 30.1 Å². The van der Waals surface area contributed by atoms with Crippen molar-refractivity contribution < 1.29 is 4.74 Å². The van der Waals surface area contributed by atoms with Crippen LogP contribution < -0.4 is 0 Å². The highest BCUT2D eigenvalue weighted by atomic mass is 16.5. The highest BCUT2D eigenvalue weighted by Crippen LogP contribution is 1.98. The summed E-state index contributed by atoms with van der Waals surface area (Å²) in [6.45, 7) is 2.43. The van der Waals surface area contributed by atoms with E-state index in [1.165, 1.54) is 0 Å². The predicted octanol–water partition coefficient (Wildman–Crippen LogP) is 1.64. The maximum atomic E-state index is 7.38. The Kier molecular flexibility index (Phi) is 3.26. The minimum Gasteiger partial charge on any atom is -0.481 e. The number of aromatic nitrogens is 1. The molecular weight excluding hydrogens is 152 g/mol. The first kappa shape index (κ1) is 8.71. The zero-order valence-corrected chi connectivity index (χ0v) is 7.08.